The van der Waals surface area contributed by atoms with Gasteiger partial charge in [-0.15, -0.1) is 0 Å². The van der Waals surface area contributed by atoms with Crippen LogP contribution in [-0.2, 0) is 4.74 Å². The number of aryl methyl sites for hydroxylation is 1. The fourth-order valence-corrected chi connectivity index (χ4v) is 1.50. The fraction of sp³-hybridized carbons (Fsp3) is 0.417. The van der Waals surface area contributed by atoms with E-state index in [0.29, 0.717) is 16.7 Å². The maximum atomic E-state index is 13.6. The Kier molecular flexibility index (Phi) is 4.01. The van der Waals surface area contributed by atoms with Crippen LogP contribution in [0.15, 0.2) is 12.1 Å². The van der Waals surface area contributed by atoms with E-state index in [9.17, 15) is 9.18 Å². The summed E-state index contributed by atoms with van der Waals surface area (Å²) in [7, 11) is 1.28. The molecule has 16 heavy (non-hydrogen) atoms. The van der Waals surface area contributed by atoms with Crippen molar-refractivity contribution < 1.29 is 19.0 Å². The van der Waals surface area contributed by atoms with E-state index >= 15 is 0 Å². The average Bonchev–Trinajstić information content (AvgIpc) is 2.27. The summed E-state index contributed by atoms with van der Waals surface area (Å²) in [4.78, 5) is 11.4. The fourth-order valence-electron chi connectivity index (χ4n) is 1.50. The average molecular weight is 226 g/mol. The quantitative estimate of drug-likeness (QED) is 0.802. The second kappa shape index (κ2) is 5.07. The molecule has 0 saturated heterocycles. The van der Waals surface area contributed by atoms with Crippen LogP contribution in [-0.4, -0.2) is 24.8 Å². The maximum absolute atomic E-state index is 13.6. The third-order valence-corrected chi connectivity index (χ3v) is 2.55. The Morgan fingerprint density at radius 1 is 1.56 bits per heavy atom. The Hall–Kier alpha value is -1.42. The van der Waals surface area contributed by atoms with Gasteiger partial charge in [-0.2, -0.15) is 0 Å². The summed E-state index contributed by atoms with van der Waals surface area (Å²) >= 11 is 0. The summed E-state index contributed by atoms with van der Waals surface area (Å²) in [6.07, 6.45) is 0. The number of aliphatic hydroxyl groups is 1. The van der Waals surface area contributed by atoms with Gasteiger partial charge >= 0.3 is 5.97 Å². The van der Waals surface area contributed by atoms with Crippen molar-refractivity contribution in [1.29, 1.82) is 0 Å². The third kappa shape index (κ3) is 2.39. The van der Waals surface area contributed by atoms with E-state index in [2.05, 4.69) is 4.74 Å². The van der Waals surface area contributed by atoms with Gasteiger partial charge in [0.2, 0.25) is 0 Å². The lowest BCUT2D eigenvalue weighted by molar-refractivity contribution is 0.0599. The minimum Gasteiger partial charge on any atom is -0.465 e. The van der Waals surface area contributed by atoms with Crippen molar-refractivity contribution in [2.75, 3.05) is 13.7 Å². The minimum atomic E-state index is -0.496. The Balaban J connectivity index is 3.26. The van der Waals surface area contributed by atoms with Crippen LogP contribution < -0.4 is 0 Å². The molecule has 3 nitrogen and oxygen atoms in total. The molecule has 1 aromatic rings. The number of hydrogen-bond donors (Lipinski definition) is 1. The molecule has 0 aromatic heterocycles. The number of rotatable bonds is 3. The number of esters is 1. The summed E-state index contributed by atoms with van der Waals surface area (Å²) in [6.45, 7) is 3.16. The monoisotopic (exact) mass is 226 g/mol. The standard InChI is InChI=1S/C12H15FO3/c1-7-4-11(13)9(8(2)6-14)5-10(7)12(15)16-3/h4-5,8,14H,6H2,1-3H3. The molecule has 1 aromatic carbocycles. The van der Waals surface area contributed by atoms with Gasteiger partial charge in [0.25, 0.3) is 0 Å². The number of ether oxygens (including phenoxy) is 1. The van der Waals surface area contributed by atoms with E-state index in [0.717, 1.165) is 0 Å². The molecule has 0 bridgehead atoms. The number of carbonyl (C=O) groups excluding carboxylic acids is 1. The van der Waals surface area contributed by atoms with Crippen LogP contribution in [0.2, 0.25) is 0 Å². The highest BCUT2D eigenvalue weighted by molar-refractivity contribution is 5.91. The van der Waals surface area contributed by atoms with Crippen LogP contribution in [0.4, 0.5) is 4.39 Å². The van der Waals surface area contributed by atoms with Crippen LogP contribution >= 0.6 is 0 Å². The van der Waals surface area contributed by atoms with Crippen molar-refractivity contribution in [2.24, 2.45) is 0 Å². The van der Waals surface area contributed by atoms with Crippen molar-refractivity contribution in [3.63, 3.8) is 0 Å². The van der Waals surface area contributed by atoms with Gasteiger partial charge in [0.15, 0.2) is 0 Å². The van der Waals surface area contributed by atoms with Gasteiger partial charge in [0.1, 0.15) is 5.82 Å². The van der Waals surface area contributed by atoms with Crippen LogP contribution in [0.3, 0.4) is 0 Å². The topological polar surface area (TPSA) is 46.5 Å². The zero-order valence-corrected chi connectivity index (χ0v) is 9.58. The molecule has 0 aliphatic heterocycles. The molecule has 0 radical (unpaired) electrons. The molecule has 0 spiro atoms. The lowest BCUT2D eigenvalue weighted by Crippen LogP contribution is -2.09. The van der Waals surface area contributed by atoms with E-state index in [4.69, 9.17) is 5.11 Å². The first kappa shape index (κ1) is 12.6. The van der Waals surface area contributed by atoms with Crippen LogP contribution in [0.25, 0.3) is 0 Å². The Labute approximate surface area is 93.9 Å². The van der Waals surface area contributed by atoms with Gasteiger partial charge in [-0.05, 0) is 30.2 Å². The number of aliphatic hydroxyl groups excluding tert-OH is 1. The predicted octanol–water partition coefficient (Wildman–Crippen LogP) is 2.02. The molecular formula is C12H15FO3. The summed E-state index contributed by atoms with van der Waals surface area (Å²) in [5, 5.41) is 8.99. The smallest absolute Gasteiger partial charge is 0.338 e. The van der Waals surface area contributed by atoms with Gasteiger partial charge in [0.05, 0.1) is 12.7 Å². The molecule has 4 heteroatoms. The first-order valence-electron chi connectivity index (χ1n) is 5.00. The lowest BCUT2D eigenvalue weighted by atomic mass is 9.96. The molecule has 0 aliphatic carbocycles. The van der Waals surface area contributed by atoms with E-state index in [1.165, 1.54) is 19.2 Å². The molecule has 1 rings (SSSR count). The van der Waals surface area contributed by atoms with Gasteiger partial charge in [-0.25, -0.2) is 9.18 Å². The molecule has 0 fully saturated rings. The summed E-state index contributed by atoms with van der Waals surface area (Å²) in [5.74, 6) is -1.25. The highest BCUT2D eigenvalue weighted by Gasteiger charge is 2.16. The Morgan fingerprint density at radius 3 is 2.69 bits per heavy atom. The molecule has 0 aliphatic rings. The molecule has 1 unspecified atom stereocenters. The maximum Gasteiger partial charge on any atom is 0.338 e. The second-order valence-electron chi connectivity index (χ2n) is 3.76. The minimum absolute atomic E-state index is 0.166. The van der Waals surface area contributed by atoms with Gasteiger partial charge in [-0.1, -0.05) is 6.92 Å². The van der Waals surface area contributed by atoms with Crippen molar-refractivity contribution in [3.8, 4) is 0 Å². The highest BCUT2D eigenvalue weighted by Crippen LogP contribution is 2.23. The molecular weight excluding hydrogens is 211 g/mol. The first-order valence-corrected chi connectivity index (χ1v) is 5.00. The van der Waals surface area contributed by atoms with E-state index < -0.39 is 11.8 Å². The zero-order chi connectivity index (χ0) is 12.3. The van der Waals surface area contributed by atoms with Crippen molar-refractivity contribution in [3.05, 3.63) is 34.6 Å². The Bertz CT molecular complexity index is 401. The molecule has 88 valence electrons. The zero-order valence-electron chi connectivity index (χ0n) is 9.58. The van der Waals surface area contributed by atoms with E-state index in [-0.39, 0.29) is 12.5 Å². The third-order valence-electron chi connectivity index (χ3n) is 2.55. The SMILES string of the molecule is COC(=O)c1cc(C(C)CO)c(F)cc1C. The van der Waals surface area contributed by atoms with Crippen molar-refractivity contribution in [1.82, 2.24) is 0 Å². The highest BCUT2D eigenvalue weighted by atomic mass is 19.1. The molecule has 0 heterocycles. The predicted molar refractivity (Wildman–Crippen MR) is 58.0 cm³/mol. The molecule has 1 N–H and O–H groups in total. The molecule has 0 amide bonds. The van der Waals surface area contributed by atoms with Crippen molar-refractivity contribution >= 4 is 5.97 Å². The summed E-state index contributed by atoms with van der Waals surface area (Å²) < 4.78 is 18.2. The second-order valence-corrected chi connectivity index (χ2v) is 3.76. The number of halogens is 1. The van der Waals surface area contributed by atoms with Crippen LogP contribution in [0.1, 0.15) is 34.3 Å². The number of carbonyl (C=O) groups is 1. The van der Waals surface area contributed by atoms with E-state index in [1.54, 1.807) is 13.8 Å². The number of hydrogen-bond acceptors (Lipinski definition) is 3. The molecule has 0 saturated carbocycles. The van der Waals surface area contributed by atoms with Crippen LogP contribution in [0.5, 0.6) is 0 Å². The number of methoxy groups -OCH3 is 1. The van der Waals surface area contributed by atoms with Gasteiger partial charge in [-0.3, -0.25) is 0 Å². The summed E-state index contributed by atoms with van der Waals surface area (Å²) in [5.41, 5.74) is 1.19. The normalized spacial score (nSPS) is 12.3. The van der Waals surface area contributed by atoms with Gasteiger partial charge in [0, 0.05) is 12.5 Å². The van der Waals surface area contributed by atoms with Gasteiger partial charge < -0.3 is 9.84 Å². The molecule has 1 atom stereocenters. The largest absolute Gasteiger partial charge is 0.465 e. The lowest BCUT2D eigenvalue weighted by Gasteiger charge is -2.13. The van der Waals surface area contributed by atoms with Crippen LogP contribution in [0, 0.1) is 12.7 Å². The number of benzene rings is 1. The van der Waals surface area contributed by atoms with E-state index in [1.807, 2.05) is 0 Å². The summed E-state index contributed by atoms with van der Waals surface area (Å²) in [6, 6.07) is 2.73. The first-order chi connectivity index (χ1) is 7.51. The Morgan fingerprint density at radius 2 is 2.19 bits per heavy atom. The van der Waals surface area contributed by atoms with Crippen molar-refractivity contribution in [2.45, 2.75) is 19.8 Å².